The molecule has 2 heterocycles. The van der Waals surface area contributed by atoms with Crippen molar-refractivity contribution in [1.29, 1.82) is 0 Å². The van der Waals surface area contributed by atoms with Gasteiger partial charge in [-0.1, -0.05) is 18.2 Å². The van der Waals surface area contributed by atoms with Crippen LogP contribution in [0.5, 0.6) is 0 Å². The molecule has 0 saturated heterocycles. The van der Waals surface area contributed by atoms with E-state index in [-0.39, 0.29) is 12.1 Å². The SMILES string of the molecule is O=C1C=NCC(NCc2ccncc2)=C1C(=O)Nc1ccccc1. The quantitative estimate of drug-likeness (QED) is 0.822. The molecule has 6 heteroatoms. The normalized spacial score (nSPS) is 13.8. The number of aliphatic imine (C=N–C) groups is 1. The molecule has 0 fully saturated rings. The highest BCUT2D eigenvalue weighted by Gasteiger charge is 2.24. The summed E-state index contributed by atoms with van der Waals surface area (Å²) >= 11 is 0. The molecule has 0 spiro atoms. The maximum atomic E-state index is 12.5. The number of benzene rings is 1. The molecule has 1 amide bonds. The van der Waals surface area contributed by atoms with E-state index in [9.17, 15) is 9.59 Å². The number of nitrogens with one attached hydrogen (secondary N) is 2. The minimum absolute atomic E-state index is 0.0999. The third kappa shape index (κ3) is 3.73. The zero-order valence-corrected chi connectivity index (χ0v) is 12.9. The van der Waals surface area contributed by atoms with Crippen LogP contribution in [0.15, 0.2) is 71.1 Å². The molecule has 1 aliphatic rings. The largest absolute Gasteiger partial charge is 0.382 e. The summed E-state index contributed by atoms with van der Waals surface area (Å²) in [7, 11) is 0. The van der Waals surface area contributed by atoms with E-state index in [2.05, 4.69) is 20.6 Å². The molecule has 0 saturated carbocycles. The Kier molecular flexibility index (Phi) is 4.76. The van der Waals surface area contributed by atoms with Crippen molar-refractivity contribution in [3.05, 3.63) is 71.7 Å². The number of carbonyl (C=O) groups excluding carboxylic acids is 2. The van der Waals surface area contributed by atoms with E-state index in [1.807, 2.05) is 30.3 Å². The number of carbonyl (C=O) groups is 2. The number of pyridine rings is 1. The van der Waals surface area contributed by atoms with Crippen LogP contribution in [0.2, 0.25) is 0 Å². The number of amides is 1. The first kappa shape index (κ1) is 15.6. The molecule has 0 atom stereocenters. The summed E-state index contributed by atoms with van der Waals surface area (Å²) < 4.78 is 0. The van der Waals surface area contributed by atoms with Crippen LogP contribution in [-0.2, 0) is 16.1 Å². The third-order valence-corrected chi connectivity index (χ3v) is 3.52. The first-order valence-electron chi connectivity index (χ1n) is 7.50. The zero-order valence-electron chi connectivity index (χ0n) is 12.9. The van der Waals surface area contributed by atoms with Crippen molar-refractivity contribution in [2.75, 3.05) is 11.9 Å². The van der Waals surface area contributed by atoms with Gasteiger partial charge >= 0.3 is 0 Å². The lowest BCUT2D eigenvalue weighted by molar-refractivity contribution is -0.117. The van der Waals surface area contributed by atoms with Crippen LogP contribution in [0.4, 0.5) is 5.69 Å². The molecule has 1 aliphatic heterocycles. The van der Waals surface area contributed by atoms with E-state index in [1.54, 1.807) is 24.5 Å². The number of hydrogen-bond donors (Lipinski definition) is 2. The topological polar surface area (TPSA) is 83.5 Å². The molecule has 3 rings (SSSR count). The van der Waals surface area contributed by atoms with Gasteiger partial charge in [0.1, 0.15) is 5.57 Å². The molecule has 0 unspecified atom stereocenters. The summed E-state index contributed by atoms with van der Waals surface area (Å²) in [6, 6.07) is 12.8. The fraction of sp³-hybridized carbons (Fsp3) is 0.111. The summed E-state index contributed by atoms with van der Waals surface area (Å²) in [5.41, 5.74) is 2.26. The third-order valence-electron chi connectivity index (χ3n) is 3.52. The average molecular weight is 320 g/mol. The monoisotopic (exact) mass is 320 g/mol. The predicted molar refractivity (Wildman–Crippen MR) is 91.5 cm³/mol. The number of Topliss-reactive ketones (excluding diaryl/α,β-unsaturated/α-hetero) is 1. The lowest BCUT2D eigenvalue weighted by Crippen LogP contribution is -2.31. The molecule has 1 aromatic carbocycles. The standard InChI is InChI=1S/C18H16N4O2/c23-16-12-20-11-15(21-10-13-6-8-19-9-7-13)17(16)18(24)22-14-4-2-1-3-5-14/h1-9,12,21H,10-11H2,(H,22,24). The Morgan fingerprint density at radius 2 is 1.83 bits per heavy atom. The van der Waals surface area contributed by atoms with E-state index < -0.39 is 11.7 Å². The van der Waals surface area contributed by atoms with Gasteiger partial charge in [-0.3, -0.25) is 19.6 Å². The lowest BCUT2D eigenvalue weighted by Gasteiger charge is -2.17. The first-order chi connectivity index (χ1) is 11.7. The van der Waals surface area contributed by atoms with Gasteiger partial charge in [-0.2, -0.15) is 0 Å². The van der Waals surface area contributed by atoms with Gasteiger partial charge in [0, 0.05) is 30.3 Å². The Bertz CT molecular complexity index is 798. The molecule has 2 aromatic rings. The Balaban J connectivity index is 1.78. The molecule has 0 aliphatic carbocycles. The highest BCUT2D eigenvalue weighted by molar-refractivity contribution is 6.45. The van der Waals surface area contributed by atoms with Gasteiger partial charge in [-0.25, -0.2) is 0 Å². The molecular formula is C18H16N4O2. The molecule has 0 radical (unpaired) electrons. The number of para-hydroxylation sites is 1. The Hall–Kier alpha value is -3.28. The number of ketones is 1. The first-order valence-corrected chi connectivity index (χ1v) is 7.50. The van der Waals surface area contributed by atoms with Crippen LogP contribution in [-0.4, -0.2) is 29.4 Å². The van der Waals surface area contributed by atoms with Crippen LogP contribution in [0.25, 0.3) is 0 Å². The van der Waals surface area contributed by atoms with E-state index in [0.29, 0.717) is 17.9 Å². The summed E-state index contributed by atoms with van der Waals surface area (Å²) in [4.78, 5) is 32.6. The zero-order chi connectivity index (χ0) is 16.8. The minimum atomic E-state index is -0.436. The summed E-state index contributed by atoms with van der Waals surface area (Å²) in [5.74, 6) is -0.832. The van der Waals surface area contributed by atoms with E-state index in [0.717, 1.165) is 5.56 Å². The second-order valence-electron chi connectivity index (χ2n) is 5.22. The minimum Gasteiger partial charge on any atom is -0.382 e. The van der Waals surface area contributed by atoms with Gasteiger partial charge in [0.2, 0.25) is 5.78 Å². The van der Waals surface area contributed by atoms with Crippen molar-refractivity contribution < 1.29 is 9.59 Å². The summed E-state index contributed by atoms with van der Waals surface area (Å²) in [5, 5.41) is 5.88. The molecule has 6 nitrogen and oxygen atoms in total. The fourth-order valence-electron chi connectivity index (χ4n) is 2.33. The van der Waals surface area contributed by atoms with Crippen molar-refractivity contribution in [3.63, 3.8) is 0 Å². The average Bonchev–Trinajstić information content (AvgIpc) is 2.61. The Labute approximate surface area is 139 Å². The van der Waals surface area contributed by atoms with Crippen LogP contribution in [0, 0.1) is 0 Å². The number of aromatic nitrogens is 1. The van der Waals surface area contributed by atoms with Gasteiger partial charge in [0.15, 0.2) is 0 Å². The van der Waals surface area contributed by atoms with Gasteiger partial charge in [-0.05, 0) is 29.8 Å². The maximum Gasteiger partial charge on any atom is 0.261 e. The molecule has 0 bridgehead atoms. The number of dihydropyridines is 1. The summed E-state index contributed by atoms with van der Waals surface area (Å²) in [6.45, 7) is 0.761. The smallest absolute Gasteiger partial charge is 0.261 e. The van der Waals surface area contributed by atoms with Gasteiger partial charge < -0.3 is 10.6 Å². The molecule has 1 aromatic heterocycles. The fourth-order valence-corrected chi connectivity index (χ4v) is 2.33. The maximum absolute atomic E-state index is 12.5. The van der Waals surface area contributed by atoms with Crippen LogP contribution < -0.4 is 10.6 Å². The molecular weight excluding hydrogens is 304 g/mol. The van der Waals surface area contributed by atoms with Crippen molar-refractivity contribution >= 4 is 23.6 Å². The number of nitrogens with zero attached hydrogens (tertiary/aromatic N) is 2. The van der Waals surface area contributed by atoms with Crippen LogP contribution >= 0.6 is 0 Å². The van der Waals surface area contributed by atoms with Crippen molar-refractivity contribution in [1.82, 2.24) is 10.3 Å². The Morgan fingerprint density at radius 3 is 2.58 bits per heavy atom. The van der Waals surface area contributed by atoms with E-state index in [4.69, 9.17) is 0 Å². The van der Waals surface area contributed by atoms with Crippen molar-refractivity contribution in [3.8, 4) is 0 Å². The second kappa shape index (κ2) is 7.32. The molecule has 2 N–H and O–H groups in total. The lowest BCUT2D eigenvalue weighted by atomic mass is 10.1. The van der Waals surface area contributed by atoms with Crippen LogP contribution in [0.1, 0.15) is 5.56 Å². The van der Waals surface area contributed by atoms with E-state index >= 15 is 0 Å². The molecule has 120 valence electrons. The van der Waals surface area contributed by atoms with E-state index in [1.165, 1.54) is 6.21 Å². The van der Waals surface area contributed by atoms with Crippen molar-refractivity contribution in [2.24, 2.45) is 4.99 Å². The predicted octanol–water partition coefficient (Wildman–Crippen LogP) is 1.72. The van der Waals surface area contributed by atoms with Gasteiger partial charge in [-0.15, -0.1) is 0 Å². The number of rotatable bonds is 5. The number of hydrogen-bond acceptors (Lipinski definition) is 5. The number of anilines is 1. The van der Waals surface area contributed by atoms with Crippen LogP contribution in [0.3, 0.4) is 0 Å². The van der Waals surface area contributed by atoms with Gasteiger partial charge in [0.05, 0.1) is 12.8 Å². The summed E-state index contributed by atoms with van der Waals surface area (Å²) in [6.07, 6.45) is 4.58. The van der Waals surface area contributed by atoms with Gasteiger partial charge in [0.25, 0.3) is 5.91 Å². The Morgan fingerprint density at radius 1 is 1.08 bits per heavy atom. The highest BCUT2D eigenvalue weighted by atomic mass is 16.2. The molecule has 24 heavy (non-hydrogen) atoms. The highest BCUT2D eigenvalue weighted by Crippen LogP contribution is 2.13. The second-order valence-corrected chi connectivity index (χ2v) is 5.22. The van der Waals surface area contributed by atoms with Crippen molar-refractivity contribution in [2.45, 2.75) is 6.54 Å².